The molecule has 1 saturated heterocycles. The van der Waals surface area contributed by atoms with Crippen LogP contribution in [-0.2, 0) is 11.2 Å². The van der Waals surface area contributed by atoms with Crippen molar-refractivity contribution in [1.82, 2.24) is 15.2 Å². The standard InChI is InChI=1S/C13H19N5O2/c1-2-10-7-9(8-11(16-10)17-14)13(20)18-5-3-12(19)15-4-6-18/h7-8H,2-6,14H2,1H3,(H,15,19)(H,16,17). The highest BCUT2D eigenvalue weighted by molar-refractivity contribution is 5.95. The number of anilines is 1. The van der Waals surface area contributed by atoms with Crippen LogP contribution in [0.15, 0.2) is 12.1 Å². The molecule has 0 atom stereocenters. The summed E-state index contributed by atoms with van der Waals surface area (Å²) in [6, 6.07) is 3.39. The van der Waals surface area contributed by atoms with E-state index >= 15 is 0 Å². The van der Waals surface area contributed by atoms with Crippen molar-refractivity contribution in [1.29, 1.82) is 0 Å². The Kier molecular flexibility index (Phi) is 4.52. The Morgan fingerprint density at radius 1 is 1.50 bits per heavy atom. The van der Waals surface area contributed by atoms with Crippen LogP contribution in [0.1, 0.15) is 29.4 Å². The van der Waals surface area contributed by atoms with Crippen LogP contribution in [0, 0.1) is 0 Å². The van der Waals surface area contributed by atoms with E-state index in [-0.39, 0.29) is 11.8 Å². The molecule has 0 unspecified atom stereocenters. The number of nitrogens with zero attached hydrogens (tertiary/aromatic N) is 2. The molecule has 20 heavy (non-hydrogen) atoms. The summed E-state index contributed by atoms with van der Waals surface area (Å²) in [5.74, 6) is 5.72. The van der Waals surface area contributed by atoms with Crippen molar-refractivity contribution in [2.75, 3.05) is 25.1 Å². The number of hydrogen-bond donors (Lipinski definition) is 3. The van der Waals surface area contributed by atoms with Gasteiger partial charge in [0.1, 0.15) is 5.82 Å². The molecule has 1 aromatic heterocycles. The summed E-state index contributed by atoms with van der Waals surface area (Å²) < 4.78 is 0. The summed E-state index contributed by atoms with van der Waals surface area (Å²) in [5, 5.41) is 2.75. The molecule has 0 spiro atoms. The van der Waals surface area contributed by atoms with Crippen LogP contribution in [0.25, 0.3) is 0 Å². The Balaban J connectivity index is 2.21. The molecule has 1 aliphatic rings. The van der Waals surface area contributed by atoms with Crippen molar-refractivity contribution in [2.24, 2.45) is 5.84 Å². The van der Waals surface area contributed by atoms with Crippen LogP contribution >= 0.6 is 0 Å². The minimum atomic E-state index is -0.102. The highest BCUT2D eigenvalue weighted by Crippen LogP contribution is 2.13. The molecule has 108 valence electrons. The van der Waals surface area contributed by atoms with Gasteiger partial charge in [0.2, 0.25) is 5.91 Å². The average molecular weight is 277 g/mol. The molecule has 7 nitrogen and oxygen atoms in total. The summed E-state index contributed by atoms with van der Waals surface area (Å²) in [4.78, 5) is 29.7. The van der Waals surface area contributed by atoms with E-state index in [4.69, 9.17) is 5.84 Å². The highest BCUT2D eigenvalue weighted by Gasteiger charge is 2.20. The summed E-state index contributed by atoms with van der Waals surface area (Å²) in [6.07, 6.45) is 1.05. The van der Waals surface area contributed by atoms with Gasteiger partial charge in [0.25, 0.3) is 5.91 Å². The van der Waals surface area contributed by atoms with E-state index in [2.05, 4.69) is 15.7 Å². The Bertz CT molecular complexity index is 495. The Morgan fingerprint density at radius 2 is 2.30 bits per heavy atom. The van der Waals surface area contributed by atoms with Crippen LogP contribution in [0.3, 0.4) is 0 Å². The van der Waals surface area contributed by atoms with Gasteiger partial charge in [-0.15, -0.1) is 0 Å². The van der Waals surface area contributed by atoms with Crippen LogP contribution in [0.4, 0.5) is 5.82 Å². The summed E-state index contributed by atoms with van der Waals surface area (Å²) in [5.41, 5.74) is 3.81. The van der Waals surface area contributed by atoms with Gasteiger partial charge in [-0.3, -0.25) is 9.59 Å². The maximum absolute atomic E-state index is 12.5. The van der Waals surface area contributed by atoms with E-state index in [1.165, 1.54) is 0 Å². The van der Waals surface area contributed by atoms with Crippen molar-refractivity contribution in [3.05, 3.63) is 23.4 Å². The fraction of sp³-hybridized carbons (Fsp3) is 0.462. The van der Waals surface area contributed by atoms with Crippen molar-refractivity contribution in [2.45, 2.75) is 19.8 Å². The van der Waals surface area contributed by atoms with Gasteiger partial charge in [0, 0.05) is 37.3 Å². The van der Waals surface area contributed by atoms with E-state index in [1.807, 2.05) is 6.92 Å². The second-order valence-corrected chi connectivity index (χ2v) is 4.62. The monoisotopic (exact) mass is 277 g/mol. The molecule has 1 aromatic rings. The van der Waals surface area contributed by atoms with E-state index < -0.39 is 0 Å². The molecule has 0 radical (unpaired) electrons. The lowest BCUT2D eigenvalue weighted by atomic mass is 10.1. The molecule has 7 heteroatoms. The molecule has 2 rings (SSSR count). The number of hydrazine groups is 1. The van der Waals surface area contributed by atoms with E-state index in [0.717, 1.165) is 12.1 Å². The molecular formula is C13H19N5O2. The molecule has 0 saturated carbocycles. The number of carbonyl (C=O) groups excluding carboxylic acids is 2. The number of aromatic nitrogens is 1. The fourth-order valence-corrected chi connectivity index (χ4v) is 2.12. The molecule has 4 N–H and O–H groups in total. The Hall–Kier alpha value is -2.15. The third-order valence-corrected chi connectivity index (χ3v) is 3.24. The van der Waals surface area contributed by atoms with Gasteiger partial charge in [-0.2, -0.15) is 0 Å². The molecule has 0 aliphatic carbocycles. The number of nitrogens with one attached hydrogen (secondary N) is 2. The number of carbonyl (C=O) groups is 2. The Labute approximate surface area is 117 Å². The summed E-state index contributed by atoms with van der Waals surface area (Å²) in [7, 11) is 0. The van der Waals surface area contributed by atoms with Gasteiger partial charge in [-0.05, 0) is 18.6 Å². The molecular weight excluding hydrogens is 258 g/mol. The van der Waals surface area contributed by atoms with Gasteiger partial charge < -0.3 is 15.6 Å². The zero-order valence-electron chi connectivity index (χ0n) is 11.5. The first kappa shape index (κ1) is 14.3. The second-order valence-electron chi connectivity index (χ2n) is 4.62. The maximum atomic E-state index is 12.5. The first-order valence-electron chi connectivity index (χ1n) is 6.67. The van der Waals surface area contributed by atoms with Crippen LogP contribution in [-0.4, -0.2) is 41.3 Å². The number of amides is 2. The molecule has 1 fully saturated rings. The van der Waals surface area contributed by atoms with Gasteiger partial charge in [0.15, 0.2) is 0 Å². The van der Waals surface area contributed by atoms with E-state index in [0.29, 0.717) is 37.4 Å². The number of pyridine rings is 1. The number of rotatable bonds is 3. The van der Waals surface area contributed by atoms with Crippen molar-refractivity contribution < 1.29 is 9.59 Å². The van der Waals surface area contributed by atoms with Gasteiger partial charge in [0.05, 0.1) is 0 Å². The van der Waals surface area contributed by atoms with Crippen molar-refractivity contribution >= 4 is 17.6 Å². The summed E-state index contributed by atoms with van der Waals surface area (Å²) in [6.45, 7) is 3.39. The number of hydrogen-bond acceptors (Lipinski definition) is 5. The van der Waals surface area contributed by atoms with Gasteiger partial charge >= 0.3 is 0 Å². The van der Waals surface area contributed by atoms with Crippen LogP contribution < -0.4 is 16.6 Å². The number of nitrogen functional groups attached to an aromatic ring is 1. The SMILES string of the molecule is CCc1cc(C(=O)N2CCNC(=O)CC2)cc(NN)n1. The smallest absolute Gasteiger partial charge is 0.254 e. The molecule has 0 aromatic carbocycles. The molecule has 0 bridgehead atoms. The quantitative estimate of drug-likeness (QED) is 0.529. The lowest BCUT2D eigenvalue weighted by Gasteiger charge is -2.20. The second kappa shape index (κ2) is 6.33. The van der Waals surface area contributed by atoms with Crippen LogP contribution in [0.2, 0.25) is 0 Å². The lowest BCUT2D eigenvalue weighted by Crippen LogP contribution is -2.34. The Morgan fingerprint density at radius 3 is 3.00 bits per heavy atom. The van der Waals surface area contributed by atoms with Crippen molar-refractivity contribution in [3.8, 4) is 0 Å². The van der Waals surface area contributed by atoms with E-state index in [1.54, 1.807) is 17.0 Å². The first-order chi connectivity index (χ1) is 9.63. The van der Waals surface area contributed by atoms with E-state index in [9.17, 15) is 9.59 Å². The fourth-order valence-electron chi connectivity index (χ4n) is 2.12. The zero-order valence-corrected chi connectivity index (χ0v) is 11.5. The minimum Gasteiger partial charge on any atom is -0.354 e. The molecule has 1 aliphatic heterocycles. The van der Waals surface area contributed by atoms with Crippen LogP contribution in [0.5, 0.6) is 0 Å². The first-order valence-corrected chi connectivity index (χ1v) is 6.67. The third kappa shape index (κ3) is 3.24. The largest absolute Gasteiger partial charge is 0.354 e. The van der Waals surface area contributed by atoms with Gasteiger partial charge in [-0.25, -0.2) is 10.8 Å². The normalized spacial score (nSPS) is 15.5. The zero-order chi connectivity index (χ0) is 14.5. The molecule has 2 heterocycles. The predicted molar refractivity (Wildman–Crippen MR) is 75.0 cm³/mol. The minimum absolute atomic E-state index is 0.0198. The lowest BCUT2D eigenvalue weighted by molar-refractivity contribution is -0.120. The van der Waals surface area contributed by atoms with Crippen molar-refractivity contribution in [3.63, 3.8) is 0 Å². The van der Waals surface area contributed by atoms with Gasteiger partial charge in [-0.1, -0.05) is 6.92 Å². The average Bonchev–Trinajstić information content (AvgIpc) is 2.70. The number of nitrogens with two attached hydrogens (primary N) is 1. The number of aryl methyl sites for hydroxylation is 1. The highest BCUT2D eigenvalue weighted by atomic mass is 16.2. The maximum Gasteiger partial charge on any atom is 0.254 e. The summed E-state index contributed by atoms with van der Waals surface area (Å²) >= 11 is 0. The molecule has 2 amide bonds. The topological polar surface area (TPSA) is 100 Å². The third-order valence-electron chi connectivity index (χ3n) is 3.24. The predicted octanol–water partition coefficient (Wildman–Crippen LogP) is -0.108.